The molecule has 0 aliphatic carbocycles. The molecule has 0 atom stereocenters. The molecule has 0 unspecified atom stereocenters. The Kier molecular flexibility index (Phi) is 6.20. The zero-order valence-corrected chi connectivity index (χ0v) is 15.6. The fourth-order valence-electron chi connectivity index (χ4n) is 2.32. The number of unbranched alkanes of at least 4 members (excludes halogenated alkanes) is 1. The Morgan fingerprint density at radius 2 is 1.72 bits per heavy atom. The summed E-state index contributed by atoms with van der Waals surface area (Å²) in [6, 6.07) is 11.7. The lowest BCUT2D eigenvalue weighted by Crippen LogP contribution is -2.25. The first-order valence-electron chi connectivity index (χ1n) is 8.32. The summed E-state index contributed by atoms with van der Waals surface area (Å²) in [5.74, 6) is -0.252. The Labute approximate surface area is 149 Å². The molecule has 2 N–H and O–H groups in total. The standard InChI is InChI=1S/C19H24N2O3S/c1-4-5-12-20-19(22)18-13-17(11-8-15(18)3)25(23,24)21-16-9-6-14(2)7-10-16/h6-11,13,21H,4-5,12H2,1-3H3,(H,20,22). The van der Waals surface area contributed by atoms with Gasteiger partial charge in [-0.05, 0) is 50.1 Å². The Bertz CT molecular complexity index is 843. The van der Waals surface area contributed by atoms with Gasteiger partial charge in [-0.3, -0.25) is 9.52 Å². The third kappa shape index (κ3) is 5.06. The van der Waals surface area contributed by atoms with Crippen molar-refractivity contribution in [3.8, 4) is 0 Å². The zero-order chi connectivity index (χ0) is 18.4. The molecule has 2 rings (SSSR count). The number of benzene rings is 2. The van der Waals surface area contributed by atoms with Gasteiger partial charge in [0, 0.05) is 17.8 Å². The van der Waals surface area contributed by atoms with Gasteiger partial charge in [-0.2, -0.15) is 0 Å². The van der Waals surface area contributed by atoms with Crippen molar-refractivity contribution in [3.05, 3.63) is 59.2 Å². The molecule has 134 valence electrons. The van der Waals surface area contributed by atoms with Crippen LogP contribution in [-0.4, -0.2) is 20.9 Å². The highest BCUT2D eigenvalue weighted by Crippen LogP contribution is 2.19. The van der Waals surface area contributed by atoms with E-state index in [1.165, 1.54) is 12.1 Å². The van der Waals surface area contributed by atoms with Crippen LogP contribution in [0.4, 0.5) is 5.69 Å². The van der Waals surface area contributed by atoms with E-state index in [2.05, 4.69) is 10.0 Å². The number of hydrogen-bond donors (Lipinski definition) is 2. The topological polar surface area (TPSA) is 75.3 Å². The zero-order valence-electron chi connectivity index (χ0n) is 14.8. The van der Waals surface area contributed by atoms with Gasteiger partial charge in [-0.15, -0.1) is 0 Å². The van der Waals surface area contributed by atoms with Crippen LogP contribution in [0.15, 0.2) is 47.4 Å². The highest BCUT2D eigenvalue weighted by atomic mass is 32.2. The lowest BCUT2D eigenvalue weighted by atomic mass is 10.1. The molecule has 0 aliphatic heterocycles. The molecule has 0 bridgehead atoms. The van der Waals surface area contributed by atoms with Crippen molar-refractivity contribution in [1.29, 1.82) is 0 Å². The molecule has 0 spiro atoms. The molecular formula is C19H24N2O3S. The van der Waals surface area contributed by atoms with Gasteiger partial charge in [0.15, 0.2) is 0 Å². The highest BCUT2D eigenvalue weighted by Gasteiger charge is 2.18. The minimum absolute atomic E-state index is 0.0688. The largest absolute Gasteiger partial charge is 0.352 e. The van der Waals surface area contributed by atoms with E-state index in [1.807, 2.05) is 26.0 Å². The second-order valence-electron chi connectivity index (χ2n) is 6.06. The first kappa shape index (κ1) is 19.0. The number of anilines is 1. The fraction of sp³-hybridized carbons (Fsp3) is 0.316. The number of rotatable bonds is 7. The molecule has 0 saturated carbocycles. The smallest absolute Gasteiger partial charge is 0.261 e. The second kappa shape index (κ2) is 8.16. The van der Waals surface area contributed by atoms with Crippen LogP contribution in [0, 0.1) is 13.8 Å². The van der Waals surface area contributed by atoms with Crippen LogP contribution in [-0.2, 0) is 10.0 Å². The van der Waals surface area contributed by atoms with Crippen molar-refractivity contribution in [1.82, 2.24) is 5.32 Å². The number of carbonyl (C=O) groups is 1. The molecule has 1 amide bonds. The van der Waals surface area contributed by atoms with Crippen molar-refractivity contribution in [3.63, 3.8) is 0 Å². The molecule has 2 aromatic rings. The summed E-state index contributed by atoms with van der Waals surface area (Å²) in [6.45, 7) is 6.34. The minimum atomic E-state index is -3.75. The van der Waals surface area contributed by atoms with E-state index in [-0.39, 0.29) is 10.8 Å². The second-order valence-corrected chi connectivity index (χ2v) is 7.74. The van der Waals surface area contributed by atoms with Gasteiger partial charge in [0.05, 0.1) is 4.90 Å². The van der Waals surface area contributed by atoms with E-state index in [1.54, 1.807) is 25.1 Å². The van der Waals surface area contributed by atoms with Gasteiger partial charge in [-0.1, -0.05) is 37.1 Å². The van der Waals surface area contributed by atoms with Crippen LogP contribution >= 0.6 is 0 Å². The van der Waals surface area contributed by atoms with Gasteiger partial charge in [-0.25, -0.2) is 8.42 Å². The molecule has 6 heteroatoms. The summed E-state index contributed by atoms with van der Waals surface area (Å²) in [7, 11) is -3.75. The first-order chi connectivity index (χ1) is 11.8. The van der Waals surface area contributed by atoms with Gasteiger partial charge >= 0.3 is 0 Å². The van der Waals surface area contributed by atoms with E-state index in [0.717, 1.165) is 24.0 Å². The summed E-state index contributed by atoms with van der Waals surface area (Å²) in [4.78, 5) is 12.4. The van der Waals surface area contributed by atoms with Crippen molar-refractivity contribution in [2.24, 2.45) is 0 Å². The maximum Gasteiger partial charge on any atom is 0.261 e. The number of nitrogens with one attached hydrogen (secondary N) is 2. The van der Waals surface area contributed by atoms with E-state index >= 15 is 0 Å². The van der Waals surface area contributed by atoms with Crippen LogP contribution in [0.1, 0.15) is 41.3 Å². The summed E-state index contributed by atoms with van der Waals surface area (Å²) in [6.07, 6.45) is 1.87. The van der Waals surface area contributed by atoms with E-state index in [4.69, 9.17) is 0 Å². The maximum atomic E-state index is 12.6. The van der Waals surface area contributed by atoms with Crippen molar-refractivity contribution in [2.75, 3.05) is 11.3 Å². The molecule has 0 radical (unpaired) electrons. The van der Waals surface area contributed by atoms with Crippen LogP contribution < -0.4 is 10.0 Å². The number of amides is 1. The highest BCUT2D eigenvalue weighted by molar-refractivity contribution is 7.92. The predicted octanol–water partition coefficient (Wildman–Crippen LogP) is 3.63. The van der Waals surface area contributed by atoms with Gasteiger partial charge in [0.2, 0.25) is 0 Å². The maximum absolute atomic E-state index is 12.6. The molecular weight excluding hydrogens is 336 g/mol. The van der Waals surface area contributed by atoms with Crippen LogP contribution in [0.3, 0.4) is 0 Å². The third-order valence-corrected chi connectivity index (χ3v) is 5.26. The van der Waals surface area contributed by atoms with Gasteiger partial charge in [0.25, 0.3) is 15.9 Å². The third-order valence-electron chi connectivity index (χ3n) is 3.88. The minimum Gasteiger partial charge on any atom is -0.352 e. The van der Waals surface area contributed by atoms with Gasteiger partial charge in [0.1, 0.15) is 0 Å². The van der Waals surface area contributed by atoms with Crippen molar-refractivity contribution in [2.45, 2.75) is 38.5 Å². The first-order valence-corrected chi connectivity index (χ1v) is 9.80. The lowest BCUT2D eigenvalue weighted by molar-refractivity contribution is 0.0952. The van der Waals surface area contributed by atoms with Crippen molar-refractivity contribution < 1.29 is 13.2 Å². The van der Waals surface area contributed by atoms with E-state index < -0.39 is 10.0 Å². The monoisotopic (exact) mass is 360 g/mol. The Balaban J connectivity index is 2.24. The Morgan fingerprint density at radius 3 is 2.36 bits per heavy atom. The van der Waals surface area contributed by atoms with Crippen LogP contribution in [0.2, 0.25) is 0 Å². The molecule has 0 saturated heterocycles. The van der Waals surface area contributed by atoms with Crippen LogP contribution in [0.5, 0.6) is 0 Å². The number of aryl methyl sites for hydroxylation is 2. The number of carbonyl (C=O) groups excluding carboxylic acids is 1. The molecule has 25 heavy (non-hydrogen) atoms. The summed E-state index contributed by atoms with van der Waals surface area (Å²) >= 11 is 0. The quantitative estimate of drug-likeness (QED) is 0.740. The summed E-state index contributed by atoms with van der Waals surface area (Å²) in [5, 5.41) is 2.82. The van der Waals surface area contributed by atoms with E-state index in [0.29, 0.717) is 17.8 Å². The van der Waals surface area contributed by atoms with Crippen LogP contribution in [0.25, 0.3) is 0 Å². The van der Waals surface area contributed by atoms with Crippen molar-refractivity contribution >= 4 is 21.6 Å². The molecule has 0 aliphatic rings. The SMILES string of the molecule is CCCCNC(=O)c1cc(S(=O)(=O)Nc2ccc(C)cc2)ccc1C. The Morgan fingerprint density at radius 1 is 1.04 bits per heavy atom. The van der Waals surface area contributed by atoms with E-state index in [9.17, 15) is 13.2 Å². The number of sulfonamides is 1. The summed E-state index contributed by atoms with van der Waals surface area (Å²) < 4.78 is 27.7. The van der Waals surface area contributed by atoms with Gasteiger partial charge < -0.3 is 5.32 Å². The average Bonchev–Trinajstić information content (AvgIpc) is 2.57. The molecule has 0 aromatic heterocycles. The fourth-order valence-corrected chi connectivity index (χ4v) is 3.41. The number of hydrogen-bond acceptors (Lipinski definition) is 3. The lowest BCUT2D eigenvalue weighted by Gasteiger charge is -2.12. The average molecular weight is 360 g/mol. The summed E-state index contributed by atoms with van der Waals surface area (Å²) in [5.41, 5.74) is 2.65. The molecule has 0 fully saturated rings. The Hall–Kier alpha value is -2.34. The molecule has 2 aromatic carbocycles. The normalized spacial score (nSPS) is 11.2. The molecule has 5 nitrogen and oxygen atoms in total. The molecule has 0 heterocycles. The predicted molar refractivity (Wildman–Crippen MR) is 100 cm³/mol.